The van der Waals surface area contributed by atoms with Crippen molar-refractivity contribution in [2.45, 2.75) is 32.2 Å². The second-order valence-corrected chi connectivity index (χ2v) is 7.61. The van der Waals surface area contributed by atoms with Gasteiger partial charge in [0, 0.05) is 23.6 Å². The molecule has 0 radical (unpaired) electrons. The van der Waals surface area contributed by atoms with Crippen molar-refractivity contribution in [3.63, 3.8) is 0 Å². The average Bonchev–Trinajstić information content (AvgIpc) is 3.33. The fourth-order valence-corrected chi connectivity index (χ4v) is 3.88. The number of nitro groups is 1. The van der Waals surface area contributed by atoms with Crippen molar-refractivity contribution in [2.24, 2.45) is 0 Å². The van der Waals surface area contributed by atoms with Gasteiger partial charge >= 0.3 is 11.8 Å². The van der Waals surface area contributed by atoms with Crippen LogP contribution in [0.5, 0.6) is 6.01 Å². The van der Waals surface area contributed by atoms with Gasteiger partial charge in [-0.05, 0) is 36.1 Å². The molecule has 2 aromatic heterocycles. The van der Waals surface area contributed by atoms with Crippen molar-refractivity contribution in [2.75, 3.05) is 13.1 Å². The lowest BCUT2D eigenvalue weighted by molar-refractivity contribution is -0.389. The van der Waals surface area contributed by atoms with Gasteiger partial charge in [0.25, 0.3) is 0 Å². The zero-order valence-corrected chi connectivity index (χ0v) is 15.7. The molecule has 0 saturated carbocycles. The Hall–Kier alpha value is -3.34. The Morgan fingerprint density at radius 3 is 2.79 bits per heavy atom. The number of fused-ring (bicyclic) bond motifs is 2. The first-order valence-corrected chi connectivity index (χ1v) is 9.21. The topological polar surface area (TPSA) is 104 Å². The molecule has 0 amide bonds. The maximum atomic E-state index is 13.1. The van der Waals surface area contributed by atoms with Gasteiger partial charge in [-0.2, -0.15) is 5.10 Å². The largest absolute Gasteiger partial charge is 0.436 e. The van der Waals surface area contributed by atoms with Gasteiger partial charge in [-0.25, -0.2) is 14.1 Å². The summed E-state index contributed by atoms with van der Waals surface area (Å²) in [5.41, 5.74) is 0.248. The molecular formula is C18H18FN7O3. The first-order chi connectivity index (χ1) is 13.9. The zero-order valence-electron chi connectivity index (χ0n) is 15.7. The lowest BCUT2D eigenvalue weighted by Crippen LogP contribution is -2.47. The third-order valence-corrected chi connectivity index (χ3v) is 5.16. The van der Waals surface area contributed by atoms with Gasteiger partial charge < -0.3 is 14.9 Å². The van der Waals surface area contributed by atoms with Gasteiger partial charge in [-0.15, -0.1) is 0 Å². The average molecular weight is 399 g/mol. The van der Waals surface area contributed by atoms with E-state index in [1.54, 1.807) is 16.7 Å². The van der Waals surface area contributed by atoms with Crippen LogP contribution >= 0.6 is 0 Å². The van der Waals surface area contributed by atoms with Crippen LogP contribution in [0.3, 0.4) is 0 Å². The number of ether oxygens (including phenoxy) is 1. The van der Waals surface area contributed by atoms with Crippen LogP contribution < -0.4 is 4.74 Å². The van der Waals surface area contributed by atoms with Gasteiger partial charge in [0.1, 0.15) is 23.4 Å². The SMILES string of the molecule is CC1(CN2CCn3nc(-c4ccc(F)cc4)nc3C2)Cn2cc([N+](=O)[O-])nc2O1. The fourth-order valence-electron chi connectivity index (χ4n) is 3.88. The van der Waals surface area contributed by atoms with Gasteiger partial charge in [0.05, 0.1) is 19.6 Å². The van der Waals surface area contributed by atoms with Crippen LogP contribution in [0.2, 0.25) is 0 Å². The third-order valence-electron chi connectivity index (χ3n) is 5.16. The van der Waals surface area contributed by atoms with Crippen molar-refractivity contribution in [1.82, 2.24) is 29.2 Å². The second kappa shape index (κ2) is 6.34. The molecule has 0 aliphatic carbocycles. The highest BCUT2D eigenvalue weighted by molar-refractivity contribution is 5.54. The summed E-state index contributed by atoms with van der Waals surface area (Å²) in [5.74, 6) is 0.920. The molecule has 3 aromatic rings. The van der Waals surface area contributed by atoms with Crippen LogP contribution in [-0.2, 0) is 19.6 Å². The molecular weight excluding hydrogens is 381 g/mol. The second-order valence-electron chi connectivity index (χ2n) is 7.61. The molecule has 11 heteroatoms. The summed E-state index contributed by atoms with van der Waals surface area (Å²) >= 11 is 0. The van der Waals surface area contributed by atoms with Gasteiger partial charge in [-0.1, -0.05) is 0 Å². The van der Waals surface area contributed by atoms with Crippen molar-refractivity contribution >= 4 is 5.82 Å². The Bertz CT molecular complexity index is 1070. The summed E-state index contributed by atoms with van der Waals surface area (Å²) in [6, 6.07) is 6.41. The molecule has 5 rings (SSSR count). The molecule has 0 saturated heterocycles. The molecule has 0 fully saturated rings. The van der Waals surface area contributed by atoms with Crippen LogP contribution in [-0.4, -0.2) is 52.8 Å². The van der Waals surface area contributed by atoms with Crippen LogP contribution in [0.4, 0.5) is 10.2 Å². The molecule has 0 bridgehead atoms. The molecule has 29 heavy (non-hydrogen) atoms. The van der Waals surface area contributed by atoms with Gasteiger partial charge in [0.15, 0.2) is 5.82 Å². The Morgan fingerprint density at radius 1 is 1.28 bits per heavy atom. The minimum absolute atomic E-state index is 0.207. The van der Waals surface area contributed by atoms with E-state index in [-0.39, 0.29) is 17.6 Å². The van der Waals surface area contributed by atoms with Gasteiger partial charge in [-0.3, -0.25) is 9.47 Å². The van der Waals surface area contributed by atoms with Crippen molar-refractivity contribution in [3.8, 4) is 17.4 Å². The molecule has 1 aromatic carbocycles. The smallest absolute Gasteiger partial charge is 0.415 e. The monoisotopic (exact) mass is 399 g/mol. The lowest BCUT2D eigenvalue weighted by atomic mass is 10.1. The number of aromatic nitrogens is 5. The van der Waals surface area contributed by atoms with Crippen LogP contribution in [0.25, 0.3) is 11.4 Å². The molecule has 1 atom stereocenters. The summed E-state index contributed by atoms with van der Waals surface area (Å²) in [7, 11) is 0. The van der Waals surface area contributed by atoms with Crippen LogP contribution in [0, 0.1) is 15.9 Å². The van der Waals surface area contributed by atoms with Crippen molar-refractivity contribution in [3.05, 3.63) is 52.2 Å². The first kappa shape index (κ1) is 17.7. The van der Waals surface area contributed by atoms with Crippen molar-refractivity contribution in [1.29, 1.82) is 0 Å². The lowest BCUT2D eigenvalue weighted by Gasteiger charge is -2.32. The Kier molecular flexibility index (Phi) is 3.88. The number of halogens is 1. The van der Waals surface area contributed by atoms with E-state index in [4.69, 9.17) is 4.74 Å². The van der Waals surface area contributed by atoms with E-state index in [0.29, 0.717) is 32.0 Å². The van der Waals surface area contributed by atoms with Crippen LogP contribution in [0.15, 0.2) is 30.5 Å². The van der Waals surface area contributed by atoms with E-state index >= 15 is 0 Å². The quantitative estimate of drug-likeness (QED) is 0.487. The molecule has 150 valence electrons. The minimum atomic E-state index is -0.528. The first-order valence-electron chi connectivity index (χ1n) is 9.21. The fraction of sp³-hybridized carbons (Fsp3) is 0.389. The van der Waals surface area contributed by atoms with E-state index in [1.807, 2.05) is 11.6 Å². The number of rotatable bonds is 4. The number of hydrogen-bond donors (Lipinski definition) is 0. The van der Waals surface area contributed by atoms with Gasteiger partial charge in [0.2, 0.25) is 0 Å². The maximum absolute atomic E-state index is 13.1. The summed E-state index contributed by atoms with van der Waals surface area (Å²) in [6.07, 6.45) is 1.41. The summed E-state index contributed by atoms with van der Waals surface area (Å²) in [5, 5.41) is 15.4. The normalized spacial score (nSPS) is 20.9. The maximum Gasteiger partial charge on any atom is 0.415 e. The predicted octanol–water partition coefficient (Wildman–Crippen LogP) is 1.86. The number of nitrogens with zero attached hydrogens (tertiary/aromatic N) is 7. The highest BCUT2D eigenvalue weighted by Crippen LogP contribution is 2.32. The van der Waals surface area contributed by atoms with E-state index in [0.717, 1.165) is 17.9 Å². The molecule has 0 spiro atoms. The molecule has 4 heterocycles. The van der Waals surface area contributed by atoms with Crippen LogP contribution in [0.1, 0.15) is 12.7 Å². The van der Waals surface area contributed by atoms with E-state index in [1.165, 1.54) is 18.3 Å². The van der Waals surface area contributed by atoms with Crippen molar-refractivity contribution < 1.29 is 14.1 Å². The molecule has 2 aliphatic heterocycles. The summed E-state index contributed by atoms with van der Waals surface area (Å²) < 4.78 is 22.6. The summed E-state index contributed by atoms with van der Waals surface area (Å²) in [4.78, 5) is 21.1. The molecule has 10 nitrogen and oxygen atoms in total. The summed E-state index contributed by atoms with van der Waals surface area (Å²) in [6.45, 7) is 5.17. The standard InChI is InChI=1S/C18H18FN7O3/c1-18(11-24-9-15(26(27)28)21-17(24)29-18)10-23-6-7-25-14(8-23)20-16(22-25)12-2-4-13(19)5-3-12/h2-5,9H,6-8,10-11H2,1H3. The Labute approximate surface area is 164 Å². The third kappa shape index (κ3) is 3.23. The highest BCUT2D eigenvalue weighted by atomic mass is 19.1. The highest BCUT2D eigenvalue weighted by Gasteiger charge is 2.42. The predicted molar refractivity (Wildman–Crippen MR) is 98.6 cm³/mol. The van der Waals surface area contributed by atoms with E-state index in [2.05, 4.69) is 20.0 Å². The minimum Gasteiger partial charge on any atom is -0.436 e. The van der Waals surface area contributed by atoms with E-state index in [9.17, 15) is 14.5 Å². The Balaban J connectivity index is 1.28. The molecule has 0 N–H and O–H groups in total. The number of hydrogen-bond acceptors (Lipinski definition) is 7. The van der Waals surface area contributed by atoms with E-state index < -0.39 is 10.5 Å². The number of benzene rings is 1. The number of imidazole rings is 1. The Morgan fingerprint density at radius 2 is 2.07 bits per heavy atom. The molecule has 1 unspecified atom stereocenters. The zero-order chi connectivity index (χ0) is 20.2. The molecule has 2 aliphatic rings.